The maximum atomic E-state index is 13.7. The Morgan fingerprint density at radius 1 is 1.00 bits per heavy atom. The molecule has 1 N–H and O–H groups in total. The maximum Gasteiger partial charge on any atom is 0.335 e. The second-order valence-electron chi connectivity index (χ2n) is 3.75. The van der Waals surface area contributed by atoms with Crippen LogP contribution < -0.4 is 0 Å². The Bertz CT molecular complexity index is 671. The van der Waals surface area contributed by atoms with Gasteiger partial charge in [0.05, 0.1) is 5.56 Å². The van der Waals surface area contributed by atoms with E-state index in [1.807, 2.05) is 0 Å². The zero-order valence-corrected chi connectivity index (χ0v) is 10.0. The molecule has 0 bridgehead atoms. The highest BCUT2D eigenvalue weighted by molar-refractivity contribution is 6.30. The lowest BCUT2D eigenvalue weighted by Gasteiger charge is -2.08. The lowest BCUT2D eigenvalue weighted by molar-refractivity contribution is 0.0696. The van der Waals surface area contributed by atoms with E-state index in [4.69, 9.17) is 16.7 Å². The molecule has 19 heavy (non-hydrogen) atoms. The summed E-state index contributed by atoms with van der Waals surface area (Å²) in [6.45, 7) is 0. The van der Waals surface area contributed by atoms with E-state index in [0.29, 0.717) is 6.07 Å². The molecule has 0 saturated heterocycles. The molecule has 0 spiro atoms. The van der Waals surface area contributed by atoms with Gasteiger partial charge >= 0.3 is 5.97 Å². The summed E-state index contributed by atoms with van der Waals surface area (Å²) < 4.78 is 40.6. The van der Waals surface area contributed by atoms with Crippen molar-refractivity contribution < 1.29 is 23.1 Å². The molecule has 2 nitrogen and oxygen atoms in total. The second kappa shape index (κ2) is 4.93. The topological polar surface area (TPSA) is 37.3 Å². The van der Waals surface area contributed by atoms with Gasteiger partial charge in [-0.25, -0.2) is 18.0 Å². The van der Waals surface area contributed by atoms with Crippen LogP contribution in [0.25, 0.3) is 11.1 Å². The SMILES string of the molecule is O=C(O)c1cc(F)c(F)c(-c2cc(Cl)ccc2F)c1. The monoisotopic (exact) mass is 286 g/mol. The summed E-state index contributed by atoms with van der Waals surface area (Å²) in [4.78, 5) is 10.8. The summed E-state index contributed by atoms with van der Waals surface area (Å²) in [7, 11) is 0. The molecule has 2 aromatic carbocycles. The fourth-order valence-electron chi connectivity index (χ4n) is 1.61. The Hall–Kier alpha value is -2.01. The molecule has 0 radical (unpaired) electrons. The van der Waals surface area contributed by atoms with E-state index in [0.717, 1.165) is 18.2 Å². The van der Waals surface area contributed by atoms with Crippen LogP contribution in [0.4, 0.5) is 13.2 Å². The van der Waals surface area contributed by atoms with Crippen LogP contribution >= 0.6 is 11.6 Å². The molecule has 0 unspecified atom stereocenters. The highest BCUT2D eigenvalue weighted by Gasteiger charge is 2.18. The van der Waals surface area contributed by atoms with Gasteiger partial charge in [0, 0.05) is 16.1 Å². The normalized spacial score (nSPS) is 10.5. The smallest absolute Gasteiger partial charge is 0.335 e. The molecular formula is C13H6ClF3O2. The quantitative estimate of drug-likeness (QED) is 0.901. The Kier molecular flexibility index (Phi) is 3.48. The van der Waals surface area contributed by atoms with E-state index < -0.39 is 34.5 Å². The fraction of sp³-hybridized carbons (Fsp3) is 0. The van der Waals surface area contributed by atoms with Gasteiger partial charge in [-0.3, -0.25) is 0 Å². The third-order valence-electron chi connectivity index (χ3n) is 2.49. The predicted octanol–water partition coefficient (Wildman–Crippen LogP) is 4.12. The van der Waals surface area contributed by atoms with E-state index >= 15 is 0 Å². The first-order valence-electron chi connectivity index (χ1n) is 5.08. The molecule has 0 saturated carbocycles. The van der Waals surface area contributed by atoms with Gasteiger partial charge in [-0.2, -0.15) is 0 Å². The van der Waals surface area contributed by atoms with Crippen molar-refractivity contribution in [1.82, 2.24) is 0 Å². The summed E-state index contributed by atoms with van der Waals surface area (Å²) in [5, 5.41) is 8.91. The number of carboxylic acids is 1. The van der Waals surface area contributed by atoms with Gasteiger partial charge in [0.25, 0.3) is 0 Å². The van der Waals surface area contributed by atoms with Crippen LogP contribution in [0.2, 0.25) is 5.02 Å². The largest absolute Gasteiger partial charge is 0.478 e. The molecule has 0 aliphatic heterocycles. The van der Waals surface area contributed by atoms with Crippen LogP contribution in [0.15, 0.2) is 30.3 Å². The summed E-state index contributed by atoms with van der Waals surface area (Å²) in [5.41, 5.74) is -1.27. The average molecular weight is 287 g/mol. The van der Waals surface area contributed by atoms with Crippen LogP contribution in [-0.4, -0.2) is 11.1 Å². The van der Waals surface area contributed by atoms with Crippen molar-refractivity contribution in [2.24, 2.45) is 0 Å². The van der Waals surface area contributed by atoms with Crippen molar-refractivity contribution >= 4 is 17.6 Å². The first-order valence-corrected chi connectivity index (χ1v) is 5.45. The van der Waals surface area contributed by atoms with Gasteiger partial charge in [0.2, 0.25) is 0 Å². The molecule has 0 aliphatic rings. The zero-order valence-electron chi connectivity index (χ0n) is 9.25. The first-order chi connectivity index (χ1) is 8.90. The van der Waals surface area contributed by atoms with Crippen LogP contribution in [0.5, 0.6) is 0 Å². The van der Waals surface area contributed by atoms with E-state index in [2.05, 4.69) is 0 Å². The number of aromatic carboxylic acids is 1. The van der Waals surface area contributed by atoms with Crippen LogP contribution in [0, 0.1) is 17.5 Å². The summed E-state index contributed by atoms with van der Waals surface area (Å²) in [6, 6.07) is 4.72. The highest BCUT2D eigenvalue weighted by Crippen LogP contribution is 2.30. The van der Waals surface area contributed by atoms with Crippen LogP contribution in [0.1, 0.15) is 10.4 Å². The summed E-state index contributed by atoms with van der Waals surface area (Å²) >= 11 is 5.66. The maximum absolute atomic E-state index is 13.7. The molecule has 0 amide bonds. The van der Waals surface area contributed by atoms with Crippen molar-refractivity contribution in [3.8, 4) is 11.1 Å². The van der Waals surface area contributed by atoms with Crippen LogP contribution in [0.3, 0.4) is 0 Å². The average Bonchev–Trinajstić information content (AvgIpc) is 2.35. The van der Waals surface area contributed by atoms with E-state index in [-0.39, 0.29) is 10.6 Å². The van der Waals surface area contributed by atoms with Crippen molar-refractivity contribution in [3.63, 3.8) is 0 Å². The van der Waals surface area contributed by atoms with Gasteiger partial charge in [0.1, 0.15) is 5.82 Å². The summed E-state index contributed by atoms with van der Waals surface area (Å²) in [6.07, 6.45) is 0. The number of carbonyl (C=O) groups is 1. The van der Waals surface area contributed by atoms with Crippen LogP contribution in [-0.2, 0) is 0 Å². The molecule has 0 aliphatic carbocycles. The number of halogens is 4. The Morgan fingerprint density at radius 2 is 1.68 bits per heavy atom. The number of carboxylic acid groups (broad SMARTS) is 1. The lowest BCUT2D eigenvalue weighted by atomic mass is 10.0. The molecule has 2 aromatic rings. The molecule has 0 heterocycles. The molecule has 0 fully saturated rings. The van der Waals surface area contributed by atoms with Gasteiger partial charge in [-0.05, 0) is 30.3 Å². The third-order valence-corrected chi connectivity index (χ3v) is 2.73. The highest BCUT2D eigenvalue weighted by atomic mass is 35.5. The standard InChI is InChI=1S/C13H6ClF3O2/c14-7-1-2-10(15)8(5-7)9-3-6(13(18)19)4-11(16)12(9)17/h1-5H,(H,18,19). The van der Waals surface area contributed by atoms with Crippen molar-refractivity contribution in [2.75, 3.05) is 0 Å². The molecule has 6 heteroatoms. The minimum absolute atomic E-state index is 0.122. The molecule has 2 rings (SSSR count). The van der Waals surface area contributed by atoms with Crippen molar-refractivity contribution in [2.45, 2.75) is 0 Å². The molecular weight excluding hydrogens is 281 g/mol. The second-order valence-corrected chi connectivity index (χ2v) is 4.19. The van der Waals surface area contributed by atoms with Crippen molar-refractivity contribution in [3.05, 3.63) is 58.4 Å². The Balaban J connectivity index is 2.74. The fourth-order valence-corrected chi connectivity index (χ4v) is 1.78. The third kappa shape index (κ3) is 2.56. The van der Waals surface area contributed by atoms with Crippen molar-refractivity contribution in [1.29, 1.82) is 0 Å². The number of benzene rings is 2. The minimum atomic E-state index is -1.44. The minimum Gasteiger partial charge on any atom is -0.478 e. The number of rotatable bonds is 2. The van der Waals surface area contributed by atoms with E-state index in [9.17, 15) is 18.0 Å². The molecule has 98 valence electrons. The molecule has 0 atom stereocenters. The Labute approximate surface area is 111 Å². The zero-order chi connectivity index (χ0) is 14.2. The summed E-state index contributed by atoms with van der Waals surface area (Å²) in [5.74, 6) is -4.96. The van der Waals surface area contributed by atoms with E-state index in [1.165, 1.54) is 6.07 Å². The van der Waals surface area contributed by atoms with Gasteiger partial charge in [0.15, 0.2) is 11.6 Å². The van der Waals surface area contributed by atoms with Gasteiger partial charge in [-0.1, -0.05) is 11.6 Å². The lowest BCUT2D eigenvalue weighted by Crippen LogP contribution is -2.01. The number of hydrogen-bond donors (Lipinski definition) is 1. The molecule has 0 aromatic heterocycles. The number of hydrogen-bond acceptors (Lipinski definition) is 1. The predicted molar refractivity (Wildman–Crippen MR) is 63.7 cm³/mol. The first kappa shape index (κ1) is 13.4. The van der Waals surface area contributed by atoms with E-state index in [1.54, 1.807) is 0 Å². The van der Waals surface area contributed by atoms with Gasteiger partial charge < -0.3 is 5.11 Å². The Morgan fingerprint density at radius 3 is 2.32 bits per heavy atom. The van der Waals surface area contributed by atoms with Gasteiger partial charge in [-0.15, -0.1) is 0 Å².